The molecule has 2 heterocycles. The first-order valence-corrected chi connectivity index (χ1v) is 13.3. The standard InChI is InChI=1S/C25H28N4O3S.C2HF3O2/c1-4-29(5-2)14-6-13-26-24(30)18-9-12-22-20(15-18)23(28-32-22)21-16-33-25(27-21)17-7-10-19(31-3)11-8-17;3-2(4,5)1(6)7/h7-12,15-16H,4-6,13-14H2,1-3H3,(H,26,30);(H,6,7). The van der Waals surface area contributed by atoms with Crippen LogP contribution >= 0.6 is 11.3 Å². The number of fused-ring (bicyclic) bond motifs is 1. The third-order valence-electron chi connectivity index (χ3n) is 5.89. The number of halogens is 3. The Morgan fingerprint density at radius 3 is 2.40 bits per heavy atom. The Morgan fingerprint density at radius 2 is 1.80 bits per heavy atom. The molecule has 0 fully saturated rings. The summed E-state index contributed by atoms with van der Waals surface area (Å²) >= 11 is 1.54. The molecule has 9 nitrogen and oxygen atoms in total. The number of carboxylic acid groups (broad SMARTS) is 1. The van der Waals surface area contributed by atoms with Gasteiger partial charge >= 0.3 is 12.1 Å². The third-order valence-corrected chi connectivity index (χ3v) is 6.78. The quantitative estimate of drug-likeness (QED) is 0.230. The number of aromatic nitrogens is 2. The number of ether oxygens (including phenoxy) is 1. The molecule has 0 bridgehead atoms. The predicted octanol–water partition coefficient (Wildman–Crippen LogP) is 5.72. The molecule has 2 N–H and O–H groups in total. The fourth-order valence-corrected chi connectivity index (χ4v) is 4.47. The monoisotopic (exact) mass is 578 g/mol. The highest BCUT2D eigenvalue weighted by Crippen LogP contribution is 2.33. The molecule has 0 aliphatic heterocycles. The predicted molar refractivity (Wildman–Crippen MR) is 146 cm³/mol. The van der Waals surface area contributed by atoms with Crippen molar-refractivity contribution in [3.05, 3.63) is 53.4 Å². The Morgan fingerprint density at radius 1 is 1.12 bits per heavy atom. The summed E-state index contributed by atoms with van der Waals surface area (Å²) in [5.74, 6) is -2.05. The minimum Gasteiger partial charge on any atom is -0.497 e. The third kappa shape index (κ3) is 8.02. The van der Waals surface area contributed by atoms with Crippen LogP contribution in [0.2, 0.25) is 0 Å². The van der Waals surface area contributed by atoms with Gasteiger partial charge in [-0.1, -0.05) is 19.0 Å². The van der Waals surface area contributed by atoms with Crippen LogP contribution < -0.4 is 10.1 Å². The average molecular weight is 579 g/mol. The maximum atomic E-state index is 12.7. The van der Waals surface area contributed by atoms with Crippen LogP contribution in [-0.2, 0) is 4.79 Å². The van der Waals surface area contributed by atoms with Crippen LogP contribution in [0.4, 0.5) is 13.2 Å². The van der Waals surface area contributed by atoms with Gasteiger partial charge in [-0.2, -0.15) is 13.2 Å². The van der Waals surface area contributed by atoms with Gasteiger partial charge in [0, 0.05) is 23.1 Å². The average Bonchev–Trinajstić information content (AvgIpc) is 3.60. The first-order valence-electron chi connectivity index (χ1n) is 12.4. The summed E-state index contributed by atoms with van der Waals surface area (Å²) in [6.07, 6.45) is -4.17. The summed E-state index contributed by atoms with van der Waals surface area (Å²) < 4.78 is 42.5. The normalized spacial score (nSPS) is 11.3. The lowest BCUT2D eigenvalue weighted by atomic mass is 10.1. The van der Waals surface area contributed by atoms with Crippen molar-refractivity contribution < 1.29 is 37.1 Å². The van der Waals surface area contributed by atoms with Gasteiger partial charge in [0.05, 0.1) is 12.5 Å². The molecule has 0 saturated carbocycles. The molecule has 2 aromatic carbocycles. The number of carbonyl (C=O) groups is 2. The van der Waals surface area contributed by atoms with Crippen molar-refractivity contribution in [2.24, 2.45) is 0 Å². The zero-order valence-corrected chi connectivity index (χ0v) is 22.9. The molecule has 0 saturated heterocycles. The summed E-state index contributed by atoms with van der Waals surface area (Å²) in [6.45, 7) is 7.96. The van der Waals surface area contributed by atoms with Crippen LogP contribution in [0.25, 0.3) is 32.9 Å². The van der Waals surface area contributed by atoms with E-state index >= 15 is 0 Å². The Balaban J connectivity index is 0.000000559. The zero-order valence-electron chi connectivity index (χ0n) is 22.1. The summed E-state index contributed by atoms with van der Waals surface area (Å²) in [4.78, 5) is 28.7. The minimum atomic E-state index is -5.08. The van der Waals surface area contributed by atoms with E-state index in [1.54, 1.807) is 19.2 Å². The fourth-order valence-electron chi connectivity index (χ4n) is 3.66. The number of amides is 1. The summed E-state index contributed by atoms with van der Waals surface area (Å²) in [6, 6.07) is 13.2. The number of rotatable bonds is 10. The van der Waals surface area contributed by atoms with E-state index in [4.69, 9.17) is 24.1 Å². The molecule has 40 heavy (non-hydrogen) atoms. The Bertz CT molecular complexity index is 1420. The molecule has 0 aliphatic rings. The van der Waals surface area contributed by atoms with Gasteiger partial charge in [0.2, 0.25) is 0 Å². The number of thiazole rings is 1. The molecular weight excluding hydrogens is 549 g/mol. The van der Waals surface area contributed by atoms with Crippen LogP contribution in [0.5, 0.6) is 5.75 Å². The lowest BCUT2D eigenvalue weighted by Gasteiger charge is -2.17. The molecule has 1 amide bonds. The highest BCUT2D eigenvalue weighted by molar-refractivity contribution is 7.13. The molecule has 0 aliphatic carbocycles. The largest absolute Gasteiger partial charge is 0.497 e. The van der Waals surface area contributed by atoms with Crippen LogP contribution in [0.1, 0.15) is 30.6 Å². The number of nitrogens with one attached hydrogen (secondary N) is 1. The van der Waals surface area contributed by atoms with E-state index in [0.29, 0.717) is 23.4 Å². The number of alkyl halides is 3. The van der Waals surface area contributed by atoms with Crippen molar-refractivity contribution in [3.8, 4) is 27.7 Å². The molecule has 214 valence electrons. The van der Waals surface area contributed by atoms with Crippen LogP contribution in [0, 0.1) is 0 Å². The van der Waals surface area contributed by atoms with E-state index in [0.717, 1.165) is 53.5 Å². The number of carboxylic acids is 1. The van der Waals surface area contributed by atoms with Gasteiger partial charge in [-0.3, -0.25) is 4.79 Å². The second-order valence-corrected chi connectivity index (χ2v) is 9.31. The van der Waals surface area contributed by atoms with Gasteiger partial charge in [0.1, 0.15) is 22.1 Å². The number of carbonyl (C=O) groups excluding carboxylic acids is 1. The Hall–Kier alpha value is -3.97. The van der Waals surface area contributed by atoms with E-state index < -0.39 is 12.1 Å². The van der Waals surface area contributed by atoms with Gasteiger partial charge in [-0.15, -0.1) is 11.3 Å². The van der Waals surface area contributed by atoms with Crippen LogP contribution in [0.3, 0.4) is 0 Å². The van der Waals surface area contributed by atoms with E-state index in [-0.39, 0.29) is 5.91 Å². The van der Waals surface area contributed by atoms with Crippen LogP contribution in [-0.4, -0.2) is 71.5 Å². The van der Waals surface area contributed by atoms with Gasteiger partial charge in [0.15, 0.2) is 5.58 Å². The fraction of sp³-hybridized carbons (Fsp3) is 0.333. The Labute approximate surface area is 232 Å². The van der Waals surface area contributed by atoms with E-state index in [1.165, 1.54) is 11.3 Å². The highest BCUT2D eigenvalue weighted by atomic mass is 32.1. The highest BCUT2D eigenvalue weighted by Gasteiger charge is 2.38. The van der Waals surface area contributed by atoms with Crippen molar-refractivity contribution in [1.82, 2.24) is 20.4 Å². The summed E-state index contributed by atoms with van der Waals surface area (Å²) in [5, 5.41) is 18.0. The molecule has 0 radical (unpaired) electrons. The van der Waals surface area contributed by atoms with Gasteiger partial charge in [-0.25, -0.2) is 9.78 Å². The first-order chi connectivity index (χ1) is 19.1. The molecule has 0 spiro atoms. The SMILES string of the molecule is CCN(CC)CCCNC(=O)c1ccc2onc(-c3csc(-c4ccc(OC)cc4)n3)c2c1.O=C(O)C(F)(F)F. The van der Waals surface area contributed by atoms with E-state index in [1.807, 2.05) is 35.7 Å². The van der Waals surface area contributed by atoms with Crippen LogP contribution in [0.15, 0.2) is 52.4 Å². The van der Waals surface area contributed by atoms with Gasteiger partial charge in [-0.05, 0) is 68.5 Å². The first kappa shape index (κ1) is 30.6. The van der Waals surface area contributed by atoms with Crippen molar-refractivity contribution in [1.29, 1.82) is 0 Å². The number of aliphatic carboxylic acids is 1. The van der Waals surface area contributed by atoms with Crippen molar-refractivity contribution >= 4 is 34.2 Å². The molecule has 13 heteroatoms. The molecular formula is C27H29F3N4O5S. The maximum absolute atomic E-state index is 12.7. The number of methoxy groups -OCH3 is 1. The lowest BCUT2D eigenvalue weighted by Crippen LogP contribution is -2.29. The number of nitrogens with zero attached hydrogens (tertiary/aromatic N) is 3. The topological polar surface area (TPSA) is 118 Å². The number of benzene rings is 2. The summed E-state index contributed by atoms with van der Waals surface area (Å²) in [7, 11) is 1.65. The van der Waals surface area contributed by atoms with Gasteiger partial charge < -0.3 is 24.6 Å². The van der Waals surface area contributed by atoms with Gasteiger partial charge in [0.25, 0.3) is 5.91 Å². The summed E-state index contributed by atoms with van der Waals surface area (Å²) in [5.41, 5.74) is 3.57. The van der Waals surface area contributed by atoms with Crippen molar-refractivity contribution in [3.63, 3.8) is 0 Å². The van der Waals surface area contributed by atoms with Crippen molar-refractivity contribution in [2.75, 3.05) is 33.3 Å². The number of hydrogen-bond donors (Lipinski definition) is 2. The van der Waals surface area contributed by atoms with E-state index in [2.05, 4.69) is 29.2 Å². The Kier molecular flexibility index (Phi) is 10.6. The second kappa shape index (κ2) is 13.9. The van der Waals surface area contributed by atoms with Crippen molar-refractivity contribution in [2.45, 2.75) is 26.4 Å². The molecule has 4 aromatic rings. The number of hydrogen-bond acceptors (Lipinski definition) is 8. The van der Waals surface area contributed by atoms with E-state index in [9.17, 15) is 18.0 Å². The zero-order chi connectivity index (χ0) is 29.3. The lowest BCUT2D eigenvalue weighted by molar-refractivity contribution is -0.192. The molecule has 2 aromatic heterocycles. The second-order valence-electron chi connectivity index (χ2n) is 8.45. The maximum Gasteiger partial charge on any atom is 0.490 e. The molecule has 0 atom stereocenters. The minimum absolute atomic E-state index is 0.0965. The molecule has 0 unspecified atom stereocenters. The molecule has 4 rings (SSSR count). The smallest absolute Gasteiger partial charge is 0.490 e.